The Bertz CT molecular complexity index is 604. The van der Waals surface area contributed by atoms with Crippen molar-refractivity contribution in [3.05, 3.63) is 65.5 Å². The number of aryl methyl sites for hydroxylation is 1. The van der Waals surface area contributed by atoms with Gasteiger partial charge in [0, 0.05) is 31.4 Å². The van der Waals surface area contributed by atoms with Crippen LogP contribution in [-0.4, -0.2) is 24.0 Å². The summed E-state index contributed by atoms with van der Waals surface area (Å²) in [6.45, 7) is 5.19. The fraction of sp³-hybridized carbons (Fsp3) is 0.368. The Morgan fingerprint density at radius 1 is 1.09 bits per heavy atom. The number of piperidine rings is 1. The minimum Gasteiger partial charge on any atom is -0.382 e. The largest absolute Gasteiger partial charge is 0.382 e. The van der Waals surface area contributed by atoms with Crippen LogP contribution in [0.15, 0.2) is 48.5 Å². The number of likely N-dealkylation sites (tertiary alicyclic amines) is 1. The average molecular weight is 298 g/mol. The van der Waals surface area contributed by atoms with Crippen molar-refractivity contribution in [2.24, 2.45) is 0 Å². The minimum absolute atomic E-state index is 0.166. The van der Waals surface area contributed by atoms with Gasteiger partial charge in [0.1, 0.15) is 5.82 Å². The van der Waals surface area contributed by atoms with E-state index in [1.165, 1.54) is 11.6 Å². The van der Waals surface area contributed by atoms with Crippen molar-refractivity contribution in [2.45, 2.75) is 32.4 Å². The molecule has 0 unspecified atom stereocenters. The quantitative estimate of drug-likeness (QED) is 0.909. The number of anilines is 1. The molecule has 0 bridgehead atoms. The Balaban J connectivity index is 1.51. The summed E-state index contributed by atoms with van der Waals surface area (Å²) in [6, 6.07) is 16.1. The van der Waals surface area contributed by atoms with Crippen LogP contribution in [-0.2, 0) is 6.54 Å². The summed E-state index contributed by atoms with van der Waals surface area (Å²) >= 11 is 0. The molecule has 2 nitrogen and oxygen atoms in total. The summed E-state index contributed by atoms with van der Waals surface area (Å²) in [6.07, 6.45) is 2.26. The van der Waals surface area contributed by atoms with E-state index >= 15 is 0 Å². The van der Waals surface area contributed by atoms with Gasteiger partial charge in [-0.1, -0.05) is 30.3 Å². The third-order valence-electron chi connectivity index (χ3n) is 4.38. The molecule has 3 heteroatoms. The van der Waals surface area contributed by atoms with Crippen LogP contribution in [0.4, 0.5) is 10.1 Å². The molecule has 3 rings (SSSR count). The molecule has 2 aromatic carbocycles. The van der Waals surface area contributed by atoms with Gasteiger partial charge in [-0.2, -0.15) is 0 Å². The van der Waals surface area contributed by atoms with Crippen LogP contribution in [0.25, 0.3) is 0 Å². The van der Waals surface area contributed by atoms with Gasteiger partial charge in [-0.3, -0.25) is 4.90 Å². The van der Waals surface area contributed by atoms with Gasteiger partial charge in [0.15, 0.2) is 0 Å². The molecule has 0 spiro atoms. The number of halogens is 1. The molecule has 0 aromatic heterocycles. The van der Waals surface area contributed by atoms with E-state index in [0.717, 1.165) is 43.7 Å². The van der Waals surface area contributed by atoms with Gasteiger partial charge in [0.25, 0.3) is 0 Å². The second kappa shape index (κ2) is 6.93. The van der Waals surface area contributed by atoms with Crippen molar-refractivity contribution < 1.29 is 4.39 Å². The molecule has 1 aliphatic rings. The Kier molecular flexibility index (Phi) is 4.74. The first-order chi connectivity index (χ1) is 10.7. The number of benzene rings is 2. The topological polar surface area (TPSA) is 15.3 Å². The molecule has 0 aliphatic carbocycles. The van der Waals surface area contributed by atoms with Crippen LogP contribution >= 0.6 is 0 Å². The van der Waals surface area contributed by atoms with Crippen molar-refractivity contribution in [2.75, 3.05) is 18.4 Å². The molecule has 0 atom stereocenters. The van der Waals surface area contributed by atoms with Crippen molar-refractivity contribution in [1.29, 1.82) is 0 Å². The van der Waals surface area contributed by atoms with Gasteiger partial charge in [-0.25, -0.2) is 4.39 Å². The smallest absolute Gasteiger partial charge is 0.123 e. The zero-order chi connectivity index (χ0) is 15.4. The minimum atomic E-state index is -0.166. The molecule has 1 heterocycles. The van der Waals surface area contributed by atoms with E-state index in [9.17, 15) is 4.39 Å². The molecular weight excluding hydrogens is 275 g/mol. The zero-order valence-electron chi connectivity index (χ0n) is 13.1. The van der Waals surface area contributed by atoms with Crippen LogP contribution in [0.5, 0.6) is 0 Å². The standard InChI is InChI=1S/C19H23FN2/c1-15-13-17(20)7-8-19(15)21-18-9-11-22(12-10-18)14-16-5-3-2-4-6-16/h2-8,13,18,21H,9-12,14H2,1H3. The lowest BCUT2D eigenvalue weighted by atomic mass is 10.0. The van der Waals surface area contributed by atoms with Gasteiger partial charge in [0.2, 0.25) is 0 Å². The number of hydrogen-bond acceptors (Lipinski definition) is 2. The first-order valence-corrected chi connectivity index (χ1v) is 8.00. The zero-order valence-corrected chi connectivity index (χ0v) is 13.1. The van der Waals surface area contributed by atoms with Crippen molar-refractivity contribution in [3.63, 3.8) is 0 Å². The molecule has 1 aliphatic heterocycles. The fourth-order valence-corrected chi connectivity index (χ4v) is 3.09. The van der Waals surface area contributed by atoms with Crippen molar-refractivity contribution >= 4 is 5.69 Å². The highest BCUT2D eigenvalue weighted by Gasteiger charge is 2.19. The number of hydrogen-bond donors (Lipinski definition) is 1. The van der Waals surface area contributed by atoms with Gasteiger partial charge in [0.05, 0.1) is 0 Å². The molecule has 0 radical (unpaired) electrons. The highest BCUT2D eigenvalue weighted by Crippen LogP contribution is 2.21. The molecule has 116 valence electrons. The lowest BCUT2D eigenvalue weighted by molar-refractivity contribution is 0.211. The van der Waals surface area contributed by atoms with E-state index in [1.54, 1.807) is 6.07 Å². The van der Waals surface area contributed by atoms with E-state index in [4.69, 9.17) is 0 Å². The summed E-state index contributed by atoms with van der Waals surface area (Å²) in [5.41, 5.74) is 3.41. The lowest BCUT2D eigenvalue weighted by Gasteiger charge is -2.33. The molecule has 1 N–H and O–H groups in total. The van der Waals surface area contributed by atoms with Crippen molar-refractivity contribution in [1.82, 2.24) is 4.90 Å². The molecule has 1 saturated heterocycles. The van der Waals surface area contributed by atoms with E-state index in [0.29, 0.717) is 6.04 Å². The summed E-state index contributed by atoms with van der Waals surface area (Å²) in [4.78, 5) is 2.50. The Hall–Kier alpha value is -1.87. The lowest BCUT2D eigenvalue weighted by Crippen LogP contribution is -2.38. The highest BCUT2D eigenvalue weighted by molar-refractivity contribution is 5.51. The monoisotopic (exact) mass is 298 g/mol. The van der Waals surface area contributed by atoms with Crippen LogP contribution < -0.4 is 5.32 Å². The maximum absolute atomic E-state index is 13.1. The average Bonchev–Trinajstić information content (AvgIpc) is 2.53. The van der Waals surface area contributed by atoms with E-state index < -0.39 is 0 Å². The Labute approximate surface area is 132 Å². The summed E-state index contributed by atoms with van der Waals surface area (Å²) < 4.78 is 13.1. The molecular formula is C19H23FN2. The SMILES string of the molecule is Cc1cc(F)ccc1NC1CCN(Cc2ccccc2)CC1. The van der Waals surface area contributed by atoms with E-state index in [2.05, 4.69) is 40.5 Å². The maximum Gasteiger partial charge on any atom is 0.123 e. The molecule has 0 amide bonds. The highest BCUT2D eigenvalue weighted by atomic mass is 19.1. The summed E-state index contributed by atoms with van der Waals surface area (Å²) in [7, 11) is 0. The van der Waals surface area contributed by atoms with E-state index in [1.807, 2.05) is 13.0 Å². The molecule has 2 aromatic rings. The molecule has 0 saturated carbocycles. The first-order valence-electron chi connectivity index (χ1n) is 8.00. The normalized spacial score (nSPS) is 16.6. The van der Waals surface area contributed by atoms with Crippen molar-refractivity contribution in [3.8, 4) is 0 Å². The first kappa shape index (κ1) is 15.0. The van der Waals surface area contributed by atoms with E-state index in [-0.39, 0.29) is 5.82 Å². The van der Waals surface area contributed by atoms with Gasteiger partial charge < -0.3 is 5.32 Å². The Morgan fingerprint density at radius 2 is 1.82 bits per heavy atom. The number of nitrogens with zero attached hydrogens (tertiary/aromatic N) is 1. The van der Waals surface area contributed by atoms with Crippen LogP contribution in [0.3, 0.4) is 0 Å². The second-order valence-electron chi connectivity index (χ2n) is 6.14. The third kappa shape index (κ3) is 3.86. The summed E-state index contributed by atoms with van der Waals surface area (Å²) in [5.74, 6) is -0.166. The molecule has 22 heavy (non-hydrogen) atoms. The predicted octanol–water partition coefficient (Wildman–Crippen LogP) is 4.21. The second-order valence-corrected chi connectivity index (χ2v) is 6.14. The number of nitrogens with one attached hydrogen (secondary N) is 1. The predicted molar refractivity (Wildman–Crippen MR) is 89.5 cm³/mol. The molecule has 1 fully saturated rings. The third-order valence-corrected chi connectivity index (χ3v) is 4.38. The Morgan fingerprint density at radius 3 is 2.50 bits per heavy atom. The number of rotatable bonds is 4. The fourth-order valence-electron chi connectivity index (χ4n) is 3.09. The van der Waals surface area contributed by atoms with Crippen LogP contribution in [0.1, 0.15) is 24.0 Å². The summed E-state index contributed by atoms with van der Waals surface area (Å²) in [5, 5.41) is 3.57. The van der Waals surface area contributed by atoms with Gasteiger partial charge in [-0.05, 0) is 49.1 Å². The maximum atomic E-state index is 13.1. The van der Waals surface area contributed by atoms with Crippen LogP contribution in [0, 0.1) is 12.7 Å². The van der Waals surface area contributed by atoms with Gasteiger partial charge >= 0.3 is 0 Å². The van der Waals surface area contributed by atoms with Gasteiger partial charge in [-0.15, -0.1) is 0 Å². The van der Waals surface area contributed by atoms with Crippen LogP contribution in [0.2, 0.25) is 0 Å².